The zero-order valence-electron chi connectivity index (χ0n) is 16.6. The third-order valence-corrected chi connectivity index (χ3v) is 5.20. The highest BCUT2D eigenvalue weighted by Gasteiger charge is 2.12. The van der Waals surface area contributed by atoms with Gasteiger partial charge in [0, 0.05) is 20.7 Å². The van der Waals surface area contributed by atoms with E-state index in [-0.39, 0.29) is 12.2 Å². The normalized spacial score (nSPS) is 10.8. The summed E-state index contributed by atoms with van der Waals surface area (Å²) in [7, 11) is 1.52. The van der Waals surface area contributed by atoms with Crippen LogP contribution in [0.1, 0.15) is 11.1 Å². The van der Waals surface area contributed by atoms with Gasteiger partial charge in [-0.05, 0) is 54.1 Å². The maximum absolute atomic E-state index is 12.5. The summed E-state index contributed by atoms with van der Waals surface area (Å²) < 4.78 is 12.1. The van der Waals surface area contributed by atoms with Crippen LogP contribution in [0.15, 0.2) is 76.8 Å². The van der Waals surface area contributed by atoms with Crippen LogP contribution in [0.4, 0.5) is 5.69 Å². The number of ether oxygens (including phenoxy) is 2. The van der Waals surface area contributed by atoms with E-state index >= 15 is 0 Å². The van der Waals surface area contributed by atoms with Crippen molar-refractivity contribution in [3.05, 3.63) is 92.9 Å². The highest BCUT2D eigenvalue weighted by atomic mass is 79.9. The Hall–Kier alpha value is -3.27. The summed E-state index contributed by atoms with van der Waals surface area (Å²) in [5.74, 6) is 0.506. The Bertz CT molecular complexity index is 1150. The molecule has 0 radical (unpaired) electrons. The Morgan fingerprint density at radius 2 is 1.87 bits per heavy atom. The molecule has 0 aromatic heterocycles. The van der Waals surface area contributed by atoms with Gasteiger partial charge in [0.25, 0.3) is 5.91 Å². The van der Waals surface area contributed by atoms with Crippen molar-refractivity contribution < 1.29 is 14.3 Å². The fourth-order valence-corrected chi connectivity index (χ4v) is 3.17. The first-order valence-corrected chi connectivity index (χ1v) is 10.4. The van der Waals surface area contributed by atoms with Crippen molar-refractivity contribution >= 4 is 45.2 Å². The van der Waals surface area contributed by atoms with Gasteiger partial charge in [-0.25, -0.2) is 0 Å². The number of carbonyl (C=O) groups is 1. The lowest BCUT2D eigenvalue weighted by Gasteiger charge is -2.12. The number of hydrogen-bond donors (Lipinski definition) is 1. The number of rotatable bonds is 7. The maximum Gasteiger partial charge on any atom is 0.266 e. The number of carbonyl (C=O) groups excluding carboxylic acids is 1. The second-order valence-electron chi connectivity index (χ2n) is 6.42. The van der Waals surface area contributed by atoms with Crippen LogP contribution in [-0.2, 0) is 11.4 Å². The summed E-state index contributed by atoms with van der Waals surface area (Å²) in [6.45, 7) is 0.282. The van der Waals surface area contributed by atoms with E-state index in [0.29, 0.717) is 27.8 Å². The number of nitrogens with one attached hydrogen (secondary N) is 1. The molecule has 0 aliphatic rings. The summed E-state index contributed by atoms with van der Waals surface area (Å²) in [5, 5.41) is 12.8. The van der Waals surface area contributed by atoms with Gasteiger partial charge in [-0.2, -0.15) is 5.26 Å². The average molecular weight is 498 g/mol. The lowest BCUT2D eigenvalue weighted by molar-refractivity contribution is -0.112. The molecular weight excluding hydrogens is 480 g/mol. The van der Waals surface area contributed by atoms with Gasteiger partial charge in [0.15, 0.2) is 11.5 Å². The predicted octanol–water partition coefficient (Wildman–Crippen LogP) is 6.24. The highest BCUT2D eigenvalue weighted by Crippen LogP contribution is 2.30. The fourth-order valence-electron chi connectivity index (χ4n) is 2.71. The highest BCUT2D eigenvalue weighted by molar-refractivity contribution is 9.10. The second-order valence-corrected chi connectivity index (χ2v) is 7.74. The van der Waals surface area contributed by atoms with Crippen LogP contribution < -0.4 is 14.8 Å². The molecule has 1 N–H and O–H groups in total. The molecule has 156 valence electrons. The van der Waals surface area contributed by atoms with E-state index in [0.717, 1.165) is 10.0 Å². The van der Waals surface area contributed by atoms with E-state index in [2.05, 4.69) is 21.2 Å². The third kappa shape index (κ3) is 6.11. The molecule has 0 saturated carbocycles. The Labute approximate surface area is 194 Å². The number of nitrogens with zero attached hydrogens (tertiary/aromatic N) is 1. The minimum atomic E-state index is -0.497. The standard InChI is InChI=1S/C24H18BrClN2O3/c1-30-23-13-16(6-11-22(23)31-15-17-4-2-3-5-21(17)26)12-18(14-27)24(29)28-20-9-7-19(25)8-10-20/h2-13H,15H2,1H3,(H,28,29)/b18-12-. The van der Waals surface area contributed by atoms with Crippen LogP contribution in [0, 0.1) is 11.3 Å². The maximum atomic E-state index is 12.5. The summed E-state index contributed by atoms with van der Waals surface area (Å²) >= 11 is 9.51. The molecule has 0 fully saturated rings. The summed E-state index contributed by atoms with van der Waals surface area (Å²) in [6, 6.07) is 21.6. The van der Waals surface area contributed by atoms with E-state index in [1.54, 1.807) is 48.5 Å². The third-order valence-electron chi connectivity index (χ3n) is 4.31. The second kappa shape index (κ2) is 10.7. The molecule has 0 unspecified atom stereocenters. The molecule has 0 aliphatic heterocycles. The first-order chi connectivity index (χ1) is 15.0. The molecule has 5 nitrogen and oxygen atoms in total. The van der Waals surface area contributed by atoms with E-state index < -0.39 is 5.91 Å². The van der Waals surface area contributed by atoms with Crippen LogP contribution in [0.25, 0.3) is 6.08 Å². The van der Waals surface area contributed by atoms with Crippen molar-refractivity contribution in [3.8, 4) is 17.6 Å². The van der Waals surface area contributed by atoms with E-state index in [9.17, 15) is 10.1 Å². The number of anilines is 1. The summed E-state index contributed by atoms with van der Waals surface area (Å²) in [5.41, 5.74) is 2.04. The van der Waals surface area contributed by atoms with Crippen molar-refractivity contribution in [2.45, 2.75) is 6.61 Å². The molecule has 0 heterocycles. The molecule has 0 bridgehead atoms. The number of nitriles is 1. The molecule has 0 aliphatic carbocycles. The molecular formula is C24H18BrClN2O3. The van der Waals surface area contributed by atoms with Gasteiger partial charge in [-0.1, -0.05) is 51.8 Å². The number of benzene rings is 3. The molecule has 31 heavy (non-hydrogen) atoms. The van der Waals surface area contributed by atoms with Gasteiger partial charge in [-0.15, -0.1) is 0 Å². The molecule has 3 rings (SSSR count). The first kappa shape index (κ1) is 22.4. The molecule has 3 aromatic carbocycles. The Morgan fingerprint density at radius 3 is 2.55 bits per heavy atom. The van der Waals surface area contributed by atoms with Crippen molar-refractivity contribution in [1.29, 1.82) is 5.26 Å². The van der Waals surface area contributed by atoms with Crippen molar-refractivity contribution in [2.24, 2.45) is 0 Å². The van der Waals surface area contributed by atoms with Crippen molar-refractivity contribution in [1.82, 2.24) is 0 Å². The average Bonchev–Trinajstić information content (AvgIpc) is 2.78. The molecule has 0 spiro atoms. The minimum absolute atomic E-state index is 0.0327. The minimum Gasteiger partial charge on any atom is -0.493 e. The van der Waals surface area contributed by atoms with Crippen molar-refractivity contribution in [3.63, 3.8) is 0 Å². The van der Waals surface area contributed by atoms with Crippen LogP contribution in [0.5, 0.6) is 11.5 Å². The largest absolute Gasteiger partial charge is 0.493 e. The zero-order chi connectivity index (χ0) is 22.2. The monoisotopic (exact) mass is 496 g/mol. The van der Waals surface area contributed by atoms with Gasteiger partial charge >= 0.3 is 0 Å². The summed E-state index contributed by atoms with van der Waals surface area (Å²) in [4.78, 5) is 12.5. The zero-order valence-corrected chi connectivity index (χ0v) is 18.9. The van der Waals surface area contributed by atoms with E-state index in [1.807, 2.05) is 24.3 Å². The topological polar surface area (TPSA) is 71.3 Å². The van der Waals surface area contributed by atoms with Gasteiger partial charge in [0.1, 0.15) is 18.2 Å². The van der Waals surface area contributed by atoms with Crippen LogP contribution in [-0.4, -0.2) is 13.0 Å². The SMILES string of the molecule is COc1cc(/C=C(/C#N)C(=O)Nc2ccc(Br)cc2)ccc1OCc1ccccc1Cl. The lowest BCUT2D eigenvalue weighted by Crippen LogP contribution is -2.13. The van der Waals surface area contributed by atoms with Crippen LogP contribution in [0.3, 0.4) is 0 Å². The fraction of sp³-hybridized carbons (Fsp3) is 0.0833. The quantitative estimate of drug-likeness (QED) is 0.310. The van der Waals surface area contributed by atoms with Crippen LogP contribution >= 0.6 is 27.5 Å². The first-order valence-electron chi connectivity index (χ1n) is 9.23. The predicted molar refractivity (Wildman–Crippen MR) is 125 cm³/mol. The van der Waals surface area contributed by atoms with Gasteiger partial charge in [0.2, 0.25) is 0 Å². The molecule has 3 aromatic rings. The summed E-state index contributed by atoms with van der Waals surface area (Å²) in [6.07, 6.45) is 1.49. The molecule has 7 heteroatoms. The Morgan fingerprint density at radius 1 is 1.13 bits per heavy atom. The number of hydrogen-bond acceptors (Lipinski definition) is 4. The number of halogens is 2. The lowest BCUT2D eigenvalue weighted by atomic mass is 10.1. The van der Waals surface area contributed by atoms with E-state index in [4.69, 9.17) is 21.1 Å². The van der Waals surface area contributed by atoms with Crippen LogP contribution in [0.2, 0.25) is 5.02 Å². The van der Waals surface area contributed by atoms with Gasteiger partial charge in [-0.3, -0.25) is 4.79 Å². The smallest absolute Gasteiger partial charge is 0.266 e. The molecule has 0 atom stereocenters. The number of amides is 1. The molecule has 0 saturated heterocycles. The van der Waals surface area contributed by atoms with Gasteiger partial charge < -0.3 is 14.8 Å². The van der Waals surface area contributed by atoms with Crippen molar-refractivity contribution in [2.75, 3.05) is 12.4 Å². The Balaban J connectivity index is 1.75. The van der Waals surface area contributed by atoms with E-state index in [1.165, 1.54) is 13.2 Å². The number of methoxy groups -OCH3 is 1. The Kier molecular flexibility index (Phi) is 7.71. The van der Waals surface area contributed by atoms with Gasteiger partial charge in [0.05, 0.1) is 7.11 Å². The molecule has 1 amide bonds.